The third-order valence-corrected chi connectivity index (χ3v) is 2.05. The van der Waals surface area contributed by atoms with Crippen LogP contribution in [0.15, 0.2) is 29.2 Å². The largest absolute Gasteiger partial charge is 0.130 e. The summed E-state index contributed by atoms with van der Waals surface area (Å²) in [5.74, 6) is 0. The molecule has 0 fully saturated rings. The maximum absolute atomic E-state index is 5.31. The van der Waals surface area contributed by atoms with Crippen LogP contribution in [0.3, 0.4) is 0 Å². The molecule has 0 aliphatic carbocycles. The van der Waals surface area contributed by atoms with Crippen LogP contribution >= 0.6 is 11.8 Å². The van der Waals surface area contributed by atoms with Gasteiger partial charge in [0.05, 0.1) is 0 Å². The van der Waals surface area contributed by atoms with Gasteiger partial charge in [-0.2, -0.15) is 0 Å². The Morgan fingerprint density at radius 3 is 2.30 bits per heavy atom. The summed E-state index contributed by atoms with van der Waals surface area (Å²) in [4.78, 5) is 1.27. The zero-order chi connectivity index (χ0) is 7.40. The summed E-state index contributed by atoms with van der Waals surface area (Å²) in [5.41, 5.74) is 1.07. The molecule has 0 atom stereocenters. The summed E-state index contributed by atoms with van der Waals surface area (Å²) in [5, 5.41) is 0. The van der Waals surface area contributed by atoms with E-state index in [2.05, 4.69) is 18.4 Å². The molecule has 0 heterocycles. The van der Waals surface area contributed by atoms with Crippen LogP contribution in [0.5, 0.6) is 0 Å². The third kappa shape index (κ3) is 1.64. The highest BCUT2D eigenvalue weighted by Crippen LogP contribution is 2.14. The second-order valence-electron chi connectivity index (χ2n) is 1.94. The maximum atomic E-state index is 5.31. The van der Waals surface area contributed by atoms with Crippen LogP contribution in [-0.4, -0.2) is 6.26 Å². The first-order valence-corrected chi connectivity index (χ1v) is 4.28. The first-order valence-electron chi connectivity index (χ1n) is 3.06. The van der Waals surface area contributed by atoms with Crippen molar-refractivity contribution in [3.8, 4) is 0 Å². The van der Waals surface area contributed by atoms with Crippen molar-refractivity contribution < 1.29 is 0 Å². The van der Waals surface area contributed by atoms with E-state index in [9.17, 15) is 0 Å². The van der Waals surface area contributed by atoms with Crippen LogP contribution in [-0.2, 0) is 0 Å². The minimum Gasteiger partial charge on any atom is -0.130 e. The lowest BCUT2D eigenvalue weighted by molar-refractivity contribution is 1.45. The average molecular weight is 149 g/mol. The monoisotopic (exact) mass is 149 g/mol. The van der Waals surface area contributed by atoms with Crippen molar-refractivity contribution in [2.45, 2.75) is 4.90 Å². The molecule has 1 heteroatoms. The molecule has 0 unspecified atom stereocenters. The molecule has 0 N–H and O–H groups in total. The molecule has 1 aromatic carbocycles. The van der Waals surface area contributed by atoms with Gasteiger partial charge < -0.3 is 0 Å². The summed E-state index contributed by atoms with van der Waals surface area (Å²) < 4.78 is 0. The van der Waals surface area contributed by atoms with E-state index in [1.165, 1.54) is 4.90 Å². The minimum absolute atomic E-state index is 1.07. The predicted molar refractivity (Wildman–Crippen MR) is 47.0 cm³/mol. The highest BCUT2D eigenvalue weighted by atomic mass is 32.2. The Kier molecular flexibility index (Phi) is 2.57. The van der Waals surface area contributed by atoms with Crippen molar-refractivity contribution in [3.63, 3.8) is 0 Å². The fourth-order valence-corrected chi connectivity index (χ4v) is 1.12. The highest BCUT2D eigenvalue weighted by molar-refractivity contribution is 7.98. The third-order valence-electron chi connectivity index (χ3n) is 1.31. The Morgan fingerprint density at radius 1 is 1.30 bits per heavy atom. The van der Waals surface area contributed by atoms with E-state index >= 15 is 0 Å². The smallest absolute Gasteiger partial charge is 0.00695 e. The molecule has 0 nitrogen and oxygen atoms in total. The lowest BCUT2D eigenvalue weighted by Gasteiger charge is -1.94. The van der Waals surface area contributed by atoms with Crippen LogP contribution in [0.2, 0.25) is 0 Å². The first-order chi connectivity index (χ1) is 4.86. The molecule has 0 spiro atoms. The topological polar surface area (TPSA) is 0 Å². The highest BCUT2D eigenvalue weighted by Gasteiger charge is 1.87. The van der Waals surface area contributed by atoms with Gasteiger partial charge >= 0.3 is 0 Å². The molecule has 0 aromatic heterocycles. The van der Waals surface area contributed by atoms with Gasteiger partial charge in [0.25, 0.3) is 0 Å². The second-order valence-corrected chi connectivity index (χ2v) is 2.82. The molecule has 51 valence electrons. The molecular weight excluding hydrogens is 140 g/mol. The van der Waals surface area contributed by atoms with E-state index in [1.54, 1.807) is 17.8 Å². The van der Waals surface area contributed by atoms with Gasteiger partial charge in [0, 0.05) is 4.90 Å². The summed E-state index contributed by atoms with van der Waals surface area (Å²) in [6.07, 6.45) is 3.66. The van der Waals surface area contributed by atoms with E-state index in [4.69, 9.17) is 6.58 Å². The molecule has 0 amide bonds. The van der Waals surface area contributed by atoms with Crippen molar-refractivity contribution in [2.75, 3.05) is 6.26 Å². The first kappa shape index (κ1) is 7.42. The number of hydrogen-bond acceptors (Lipinski definition) is 1. The van der Waals surface area contributed by atoms with Gasteiger partial charge in [-0.3, -0.25) is 0 Å². The van der Waals surface area contributed by atoms with Gasteiger partial charge in [-0.1, -0.05) is 24.8 Å². The normalized spacial score (nSPS) is 9.30. The molecule has 1 rings (SSSR count). The molecule has 1 aromatic rings. The van der Waals surface area contributed by atoms with Crippen LogP contribution in [0.25, 0.3) is 6.08 Å². The molecule has 10 heavy (non-hydrogen) atoms. The quantitative estimate of drug-likeness (QED) is 0.583. The fraction of sp³-hybridized carbons (Fsp3) is 0.111. The summed E-state index contributed by atoms with van der Waals surface area (Å²) in [6.45, 7) is 5.31. The van der Waals surface area contributed by atoms with Crippen molar-refractivity contribution in [2.24, 2.45) is 0 Å². The molecule has 0 aliphatic heterocycles. The average Bonchev–Trinajstić information content (AvgIpc) is 2.05. The molecule has 0 bridgehead atoms. The van der Waals surface area contributed by atoms with Crippen LogP contribution in [0, 0.1) is 6.58 Å². The van der Waals surface area contributed by atoms with Gasteiger partial charge in [-0.05, 0) is 24.0 Å². The van der Waals surface area contributed by atoms with E-state index in [1.807, 2.05) is 12.1 Å². The Morgan fingerprint density at radius 2 is 1.90 bits per heavy atom. The standard InChI is InChI=1S/C9H9S/c1-3-8-4-6-9(10-2)7-5-8/h1,3-7H,2H3. The number of thioether (sulfide) groups is 1. The Hall–Kier alpha value is -0.690. The number of benzene rings is 1. The number of hydrogen-bond donors (Lipinski definition) is 0. The Labute approximate surface area is 66.0 Å². The lowest BCUT2D eigenvalue weighted by Crippen LogP contribution is -1.70. The molecular formula is C9H9S. The van der Waals surface area contributed by atoms with Crippen LogP contribution in [0.1, 0.15) is 5.56 Å². The van der Waals surface area contributed by atoms with Gasteiger partial charge in [-0.15, -0.1) is 11.8 Å². The van der Waals surface area contributed by atoms with Gasteiger partial charge in [0.15, 0.2) is 0 Å². The Bertz CT molecular complexity index is 211. The van der Waals surface area contributed by atoms with E-state index in [0.29, 0.717) is 0 Å². The van der Waals surface area contributed by atoms with Crippen LogP contribution < -0.4 is 0 Å². The zero-order valence-corrected chi connectivity index (χ0v) is 6.69. The maximum Gasteiger partial charge on any atom is 0.00695 e. The van der Waals surface area contributed by atoms with Gasteiger partial charge in [0.2, 0.25) is 0 Å². The van der Waals surface area contributed by atoms with E-state index < -0.39 is 0 Å². The van der Waals surface area contributed by atoms with Crippen molar-refractivity contribution in [3.05, 3.63) is 36.4 Å². The minimum atomic E-state index is 1.07. The second kappa shape index (κ2) is 3.47. The van der Waals surface area contributed by atoms with E-state index in [-0.39, 0.29) is 0 Å². The lowest BCUT2D eigenvalue weighted by atomic mass is 10.2. The van der Waals surface area contributed by atoms with Crippen molar-refractivity contribution in [1.29, 1.82) is 0 Å². The van der Waals surface area contributed by atoms with Gasteiger partial charge in [0.1, 0.15) is 0 Å². The molecule has 0 saturated heterocycles. The van der Waals surface area contributed by atoms with Crippen LogP contribution in [0.4, 0.5) is 0 Å². The summed E-state index contributed by atoms with van der Waals surface area (Å²) in [6, 6.07) is 8.13. The predicted octanol–water partition coefficient (Wildman–Crippen LogP) is 2.85. The van der Waals surface area contributed by atoms with Crippen molar-refractivity contribution in [1.82, 2.24) is 0 Å². The SMILES string of the molecule is [CH]=Cc1ccc(SC)cc1. The van der Waals surface area contributed by atoms with E-state index in [0.717, 1.165) is 5.56 Å². The molecule has 0 saturated carbocycles. The molecule has 0 aliphatic rings. The zero-order valence-electron chi connectivity index (χ0n) is 5.87. The van der Waals surface area contributed by atoms with Crippen molar-refractivity contribution >= 4 is 17.8 Å². The number of rotatable bonds is 2. The Balaban J connectivity index is 2.90. The van der Waals surface area contributed by atoms with Gasteiger partial charge in [-0.25, -0.2) is 0 Å². The summed E-state index contributed by atoms with van der Waals surface area (Å²) >= 11 is 1.73. The fourth-order valence-electron chi connectivity index (χ4n) is 0.715. The summed E-state index contributed by atoms with van der Waals surface area (Å²) in [7, 11) is 0. The molecule has 1 radical (unpaired) electrons.